The number of rotatable bonds is 7. The second-order valence-corrected chi connectivity index (χ2v) is 4.43. The van der Waals surface area contributed by atoms with Gasteiger partial charge in [-0.25, -0.2) is 0 Å². The topological polar surface area (TPSA) is 47.3 Å². The van der Waals surface area contributed by atoms with Crippen LogP contribution in [0.2, 0.25) is 0 Å². The summed E-state index contributed by atoms with van der Waals surface area (Å²) in [6.45, 7) is 5.15. The van der Waals surface area contributed by atoms with Crippen LogP contribution < -0.4 is 15.8 Å². The van der Waals surface area contributed by atoms with Crippen molar-refractivity contribution in [3.05, 3.63) is 23.8 Å². The van der Waals surface area contributed by atoms with Gasteiger partial charge in [-0.3, -0.25) is 0 Å². The van der Waals surface area contributed by atoms with E-state index in [9.17, 15) is 0 Å². The lowest BCUT2D eigenvalue weighted by atomic mass is 10.1. The van der Waals surface area contributed by atoms with E-state index in [0.29, 0.717) is 6.04 Å². The molecule has 0 aromatic heterocycles. The van der Waals surface area contributed by atoms with Crippen LogP contribution in [0.4, 0.5) is 5.69 Å². The Kier molecular flexibility index (Phi) is 5.84. The highest BCUT2D eigenvalue weighted by molar-refractivity contribution is 5.51. The first kappa shape index (κ1) is 13.8. The molecule has 0 bridgehead atoms. The normalized spacial score (nSPS) is 12.2. The van der Waals surface area contributed by atoms with Gasteiger partial charge in [0, 0.05) is 18.3 Å². The zero-order valence-electron chi connectivity index (χ0n) is 11.1. The Morgan fingerprint density at radius 1 is 1.41 bits per heavy atom. The second-order valence-electron chi connectivity index (χ2n) is 4.43. The number of hydrogen-bond acceptors (Lipinski definition) is 3. The predicted molar refractivity (Wildman–Crippen MR) is 73.7 cm³/mol. The fourth-order valence-corrected chi connectivity index (χ4v) is 1.82. The highest BCUT2D eigenvalue weighted by Gasteiger charge is 2.02. The van der Waals surface area contributed by atoms with Crippen LogP contribution in [0.15, 0.2) is 18.2 Å². The Bertz CT molecular complexity index is 337. The number of hydrogen-bond donors (Lipinski definition) is 2. The molecule has 1 aromatic rings. The van der Waals surface area contributed by atoms with Crippen LogP contribution in [0.25, 0.3) is 0 Å². The summed E-state index contributed by atoms with van der Waals surface area (Å²) in [4.78, 5) is 0. The Morgan fingerprint density at radius 2 is 2.18 bits per heavy atom. The number of nitrogens with two attached hydrogens (primary N) is 1. The molecule has 3 heteroatoms. The highest BCUT2D eigenvalue weighted by atomic mass is 16.5. The fraction of sp³-hybridized carbons (Fsp3) is 0.571. The number of ether oxygens (including phenoxy) is 1. The third kappa shape index (κ3) is 4.65. The first-order chi connectivity index (χ1) is 8.17. The first-order valence-corrected chi connectivity index (χ1v) is 6.33. The molecule has 0 fully saturated rings. The maximum absolute atomic E-state index is 5.71. The molecule has 0 heterocycles. The third-order valence-electron chi connectivity index (χ3n) is 2.83. The molecule has 1 aromatic carbocycles. The molecule has 1 rings (SSSR count). The zero-order chi connectivity index (χ0) is 12.7. The number of benzene rings is 1. The lowest BCUT2D eigenvalue weighted by molar-refractivity contribution is 0.410. The largest absolute Gasteiger partial charge is 0.496 e. The molecular formula is C14H24N2O. The molecule has 0 aliphatic rings. The molecule has 0 spiro atoms. The summed E-state index contributed by atoms with van der Waals surface area (Å²) in [7, 11) is 1.71. The van der Waals surface area contributed by atoms with Crippen LogP contribution in [0.3, 0.4) is 0 Å². The Balaban J connectivity index is 2.48. The second kappa shape index (κ2) is 7.17. The average Bonchev–Trinajstić information content (AvgIpc) is 2.34. The molecule has 0 saturated carbocycles. The lowest BCUT2D eigenvalue weighted by Gasteiger charge is -2.11. The summed E-state index contributed by atoms with van der Waals surface area (Å²) in [5, 5.41) is 3.41. The molecule has 0 radical (unpaired) electrons. The Labute approximate surface area is 104 Å². The van der Waals surface area contributed by atoms with Crippen LogP contribution in [-0.4, -0.2) is 19.7 Å². The first-order valence-electron chi connectivity index (χ1n) is 6.33. The van der Waals surface area contributed by atoms with Gasteiger partial charge in [-0.05, 0) is 49.9 Å². The van der Waals surface area contributed by atoms with E-state index in [1.165, 1.54) is 5.56 Å². The zero-order valence-corrected chi connectivity index (χ0v) is 11.1. The van der Waals surface area contributed by atoms with Crippen LogP contribution in [-0.2, 0) is 6.42 Å². The van der Waals surface area contributed by atoms with Crippen molar-refractivity contribution in [2.24, 2.45) is 5.73 Å². The van der Waals surface area contributed by atoms with Crippen LogP contribution in [0.1, 0.15) is 32.3 Å². The number of aryl methyl sites for hydroxylation is 1. The summed E-state index contributed by atoms with van der Waals surface area (Å²) in [5.74, 6) is 0.966. The average molecular weight is 236 g/mol. The molecule has 1 atom stereocenters. The van der Waals surface area contributed by atoms with Crippen molar-refractivity contribution in [1.29, 1.82) is 0 Å². The summed E-state index contributed by atoms with van der Waals surface area (Å²) >= 11 is 0. The van der Waals surface area contributed by atoms with E-state index in [1.54, 1.807) is 7.11 Å². The van der Waals surface area contributed by atoms with Gasteiger partial charge in [0.15, 0.2) is 0 Å². The number of methoxy groups -OCH3 is 1. The summed E-state index contributed by atoms with van der Waals surface area (Å²) < 4.78 is 5.30. The van der Waals surface area contributed by atoms with Gasteiger partial charge < -0.3 is 15.8 Å². The van der Waals surface area contributed by atoms with Gasteiger partial charge in [-0.2, -0.15) is 0 Å². The van der Waals surface area contributed by atoms with Gasteiger partial charge >= 0.3 is 0 Å². The minimum atomic E-state index is 0.291. The number of anilines is 1. The quantitative estimate of drug-likeness (QED) is 0.716. The van der Waals surface area contributed by atoms with E-state index in [2.05, 4.69) is 24.4 Å². The van der Waals surface area contributed by atoms with Gasteiger partial charge in [0.2, 0.25) is 0 Å². The van der Waals surface area contributed by atoms with E-state index in [0.717, 1.165) is 37.2 Å². The Morgan fingerprint density at radius 3 is 2.76 bits per heavy atom. The predicted octanol–water partition coefficient (Wildman–Crippen LogP) is 2.80. The number of nitrogens with one attached hydrogen (secondary N) is 1. The molecule has 1 unspecified atom stereocenters. The molecule has 96 valence electrons. The third-order valence-corrected chi connectivity index (χ3v) is 2.83. The molecule has 17 heavy (non-hydrogen) atoms. The molecular weight excluding hydrogens is 212 g/mol. The van der Waals surface area contributed by atoms with Crippen LogP contribution >= 0.6 is 0 Å². The van der Waals surface area contributed by atoms with E-state index in [1.807, 2.05) is 13.0 Å². The Hall–Kier alpha value is -1.22. The van der Waals surface area contributed by atoms with Crippen molar-refractivity contribution in [3.63, 3.8) is 0 Å². The van der Waals surface area contributed by atoms with Crippen molar-refractivity contribution >= 4 is 5.69 Å². The minimum Gasteiger partial charge on any atom is -0.496 e. The SMILES string of the molecule is CCc1cc(NCCCC(C)N)ccc1OC. The molecule has 3 N–H and O–H groups in total. The molecule has 3 nitrogen and oxygen atoms in total. The maximum Gasteiger partial charge on any atom is 0.122 e. The van der Waals surface area contributed by atoms with Gasteiger partial charge in [-0.15, -0.1) is 0 Å². The smallest absolute Gasteiger partial charge is 0.122 e. The standard InChI is InChI=1S/C14H24N2O/c1-4-12-10-13(7-8-14(12)17-3)16-9-5-6-11(2)15/h7-8,10-11,16H,4-6,9,15H2,1-3H3. The minimum absolute atomic E-state index is 0.291. The van der Waals surface area contributed by atoms with Gasteiger partial charge in [0.25, 0.3) is 0 Å². The van der Waals surface area contributed by atoms with E-state index >= 15 is 0 Å². The highest BCUT2D eigenvalue weighted by Crippen LogP contribution is 2.22. The van der Waals surface area contributed by atoms with Crippen LogP contribution in [0, 0.1) is 0 Å². The van der Waals surface area contributed by atoms with Crippen molar-refractivity contribution in [2.75, 3.05) is 19.0 Å². The lowest BCUT2D eigenvalue weighted by Crippen LogP contribution is -2.16. The van der Waals surface area contributed by atoms with E-state index in [-0.39, 0.29) is 0 Å². The van der Waals surface area contributed by atoms with Crippen molar-refractivity contribution in [1.82, 2.24) is 0 Å². The molecule has 0 amide bonds. The fourth-order valence-electron chi connectivity index (χ4n) is 1.82. The van der Waals surface area contributed by atoms with Crippen molar-refractivity contribution < 1.29 is 4.74 Å². The summed E-state index contributed by atoms with van der Waals surface area (Å²) in [6.07, 6.45) is 3.15. The van der Waals surface area contributed by atoms with Crippen molar-refractivity contribution in [2.45, 2.75) is 39.2 Å². The molecule has 0 saturated heterocycles. The summed E-state index contributed by atoms with van der Waals surface area (Å²) in [6, 6.07) is 6.53. The van der Waals surface area contributed by atoms with E-state index < -0.39 is 0 Å². The monoisotopic (exact) mass is 236 g/mol. The van der Waals surface area contributed by atoms with Gasteiger partial charge in [0.05, 0.1) is 7.11 Å². The summed E-state index contributed by atoms with van der Waals surface area (Å²) in [5.41, 5.74) is 8.11. The molecule has 0 aliphatic carbocycles. The van der Waals surface area contributed by atoms with Crippen LogP contribution in [0.5, 0.6) is 5.75 Å². The van der Waals surface area contributed by atoms with Gasteiger partial charge in [-0.1, -0.05) is 6.92 Å². The maximum atomic E-state index is 5.71. The van der Waals surface area contributed by atoms with Crippen molar-refractivity contribution in [3.8, 4) is 5.75 Å². The van der Waals surface area contributed by atoms with E-state index in [4.69, 9.17) is 10.5 Å². The molecule has 0 aliphatic heterocycles. The van der Waals surface area contributed by atoms with Gasteiger partial charge in [0.1, 0.15) is 5.75 Å².